The van der Waals surface area contributed by atoms with Crippen LogP contribution in [0, 0.1) is 0 Å². The van der Waals surface area contributed by atoms with Gasteiger partial charge in [0.25, 0.3) is 0 Å². The Morgan fingerprint density at radius 1 is 1.03 bits per heavy atom. The van der Waals surface area contributed by atoms with Crippen molar-refractivity contribution in [2.75, 3.05) is 44.2 Å². The van der Waals surface area contributed by atoms with Crippen LogP contribution in [0.25, 0.3) is 22.0 Å². The van der Waals surface area contributed by atoms with Crippen LogP contribution in [-0.2, 0) is 0 Å². The van der Waals surface area contributed by atoms with Crippen LogP contribution in [0.4, 0.5) is 5.82 Å². The topological polar surface area (TPSA) is 48.8 Å². The van der Waals surface area contributed by atoms with Crippen molar-refractivity contribution in [1.82, 2.24) is 9.88 Å². The van der Waals surface area contributed by atoms with Crippen LogP contribution in [0.2, 0.25) is 0 Å². The normalized spacial score (nSPS) is 16.2. The van der Waals surface area contributed by atoms with Gasteiger partial charge in [-0.1, -0.05) is 31.2 Å². The summed E-state index contributed by atoms with van der Waals surface area (Å²) in [6.07, 6.45) is -0.479. The quantitative estimate of drug-likeness (QED) is 0.693. The Labute approximate surface area is 172 Å². The van der Waals surface area contributed by atoms with Crippen molar-refractivity contribution in [2.24, 2.45) is 0 Å². The molecule has 0 amide bonds. The summed E-state index contributed by atoms with van der Waals surface area (Å²) in [4.78, 5) is 9.97. The Bertz CT molecular complexity index is 948. The molecule has 1 aliphatic heterocycles. The van der Waals surface area contributed by atoms with Gasteiger partial charge in [0, 0.05) is 37.1 Å². The largest absolute Gasteiger partial charge is 0.491 e. The van der Waals surface area contributed by atoms with Gasteiger partial charge in [-0.05, 0) is 49.2 Å². The number of piperazine rings is 1. The molecule has 1 saturated heterocycles. The van der Waals surface area contributed by atoms with Crippen molar-refractivity contribution in [1.29, 1.82) is 0 Å². The van der Waals surface area contributed by atoms with E-state index < -0.39 is 6.10 Å². The SMILES string of the molecule is CCN1CCN(c2nc(-c3ccc(OCC(C)O)cc3)cc3ccccc23)CC1. The molecule has 0 aliphatic carbocycles. The smallest absolute Gasteiger partial charge is 0.137 e. The van der Waals surface area contributed by atoms with Crippen molar-refractivity contribution >= 4 is 16.6 Å². The number of hydrogen-bond acceptors (Lipinski definition) is 5. The molecule has 0 saturated carbocycles. The number of likely N-dealkylation sites (N-methyl/N-ethyl adjacent to an activating group) is 1. The number of rotatable bonds is 6. The number of ether oxygens (including phenoxy) is 1. The summed E-state index contributed by atoms with van der Waals surface area (Å²) in [5.41, 5.74) is 2.03. The first-order valence-electron chi connectivity index (χ1n) is 10.4. The lowest BCUT2D eigenvalue weighted by atomic mass is 10.1. The number of hydrogen-bond donors (Lipinski definition) is 1. The standard InChI is InChI=1S/C24H29N3O2/c1-3-26-12-14-27(15-13-26)24-22-7-5-4-6-20(22)16-23(25-24)19-8-10-21(11-9-19)29-17-18(2)28/h4-11,16,18,28H,3,12-15,17H2,1-2H3. The lowest BCUT2D eigenvalue weighted by Gasteiger charge is -2.35. The van der Waals surface area contributed by atoms with E-state index in [4.69, 9.17) is 9.72 Å². The predicted molar refractivity (Wildman–Crippen MR) is 119 cm³/mol. The van der Waals surface area contributed by atoms with Crippen LogP contribution < -0.4 is 9.64 Å². The molecule has 29 heavy (non-hydrogen) atoms. The molecule has 152 valence electrons. The van der Waals surface area contributed by atoms with Crippen molar-refractivity contribution in [3.63, 3.8) is 0 Å². The van der Waals surface area contributed by atoms with E-state index in [-0.39, 0.29) is 0 Å². The summed E-state index contributed by atoms with van der Waals surface area (Å²) in [5, 5.41) is 11.8. The third kappa shape index (κ3) is 4.52. The molecule has 5 nitrogen and oxygen atoms in total. The zero-order valence-corrected chi connectivity index (χ0v) is 17.2. The lowest BCUT2D eigenvalue weighted by Crippen LogP contribution is -2.46. The van der Waals surface area contributed by atoms with Crippen molar-refractivity contribution in [3.8, 4) is 17.0 Å². The fourth-order valence-electron chi connectivity index (χ4n) is 3.78. The van der Waals surface area contributed by atoms with Crippen molar-refractivity contribution in [3.05, 3.63) is 54.6 Å². The second-order valence-corrected chi connectivity index (χ2v) is 7.66. The zero-order valence-electron chi connectivity index (χ0n) is 17.2. The van der Waals surface area contributed by atoms with Crippen LogP contribution in [0.5, 0.6) is 5.75 Å². The highest BCUT2D eigenvalue weighted by Crippen LogP contribution is 2.31. The van der Waals surface area contributed by atoms with Crippen LogP contribution in [0.15, 0.2) is 54.6 Å². The van der Waals surface area contributed by atoms with Crippen LogP contribution >= 0.6 is 0 Å². The first-order chi connectivity index (χ1) is 14.1. The Kier molecular flexibility index (Phi) is 5.97. The van der Waals surface area contributed by atoms with Crippen molar-refractivity contribution in [2.45, 2.75) is 20.0 Å². The van der Waals surface area contributed by atoms with Gasteiger partial charge in [-0.15, -0.1) is 0 Å². The summed E-state index contributed by atoms with van der Waals surface area (Å²) < 4.78 is 5.58. The molecule has 3 aromatic rings. The van der Waals surface area contributed by atoms with Gasteiger partial charge in [0.1, 0.15) is 18.2 Å². The second-order valence-electron chi connectivity index (χ2n) is 7.66. The molecule has 0 spiro atoms. The maximum atomic E-state index is 9.39. The van der Waals surface area contributed by atoms with Gasteiger partial charge < -0.3 is 19.6 Å². The molecule has 1 fully saturated rings. The minimum absolute atomic E-state index is 0.293. The molecule has 2 aromatic carbocycles. The highest BCUT2D eigenvalue weighted by molar-refractivity contribution is 5.95. The molecule has 2 heterocycles. The monoisotopic (exact) mass is 391 g/mol. The van der Waals surface area contributed by atoms with Gasteiger partial charge in [-0.25, -0.2) is 4.98 Å². The minimum Gasteiger partial charge on any atom is -0.491 e. The number of aliphatic hydroxyl groups excluding tert-OH is 1. The fraction of sp³-hybridized carbons (Fsp3) is 0.375. The average molecular weight is 392 g/mol. The zero-order chi connectivity index (χ0) is 20.2. The molecule has 1 N–H and O–H groups in total. The molecule has 1 atom stereocenters. The van der Waals surface area contributed by atoms with E-state index in [2.05, 4.69) is 47.1 Å². The molecule has 1 aliphatic rings. The number of aromatic nitrogens is 1. The average Bonchev–Trinajstić information content (AvgIpc) is 2.77. The maximum Gasteiger partial charge on any atom is 0.137 e. The van der Waals surface area contributed by atoms with E-state index in [0.717, 1.165) is 55.5 Å². The lowest BCUT2D eigenvalue weighted by molar-refractivity contribution is 0.123. The Morgan fingerprint density at radius 2 is 1.76 bits per heavy atom. The first-order valence-corrected chi connectivity index (χ1v) is 10.4. The Hall–Kier alpha value is -2.63. The first kappa shape index (κ1) is 19.7. The molecule has 4 rings (SSSR count). The van der Waals surface area contributed by atoms with E-state index in [1.54, 1.807) is 6.92 Å². The van der Waals surface area contributed by atoms with Crippen LogP contribution in [0.1, 0.15) is 13.8 Å². The molecule has 1 unspecified atom stereocenters. The molecule has 0 radical (unpaired) electrons. The Morgan fingerprint density at radius 3 is 2.45 bits per heavy atom. The van der Waals surface area contributed by atoms with E-state index in [0.29, 0.717) is 6.61 Å². The van der Waals surface area contributed by atoms with E-state index >= 15 is 0 Å². The predicted octanol–water partition coefficient (Wildman–Crippen LogP) is 3.80. The molecular formula is C24H29N3O2. The number of nitrogens with zero attached hydrogens (tertiary/aromatic N) is 3. The van der Waals surface area contributed by atoms with E-state index in [9.17, 15) is 5.11 Å². The Balaban J connectivity index is 1.65. The minimum atomic E-state index is -0.479. The molecule has 0 bridgehead atoms. The van der Waals surface area contributed by atoms with Gasteiger partial charge >= 0.3 is 0 Å². The number of benzene rings is 2. The number of fused-ring (bicyclic) bond motifs is 1. The summed E-state index contributed by atoms with van der Waals surface area (Å²) in [6, 6.07) is 18.6. The highest BCUT2D eigenvalue weighted by Gasteiger charge is 2.19. The maximum absolute atomic E-state index is 9.39. The number of pyridine rings is 1. The van der Waals surface area contributed by atoms with E-state index in [1.807, 2.05) is 24.3 Å². The van der Waals surface area contributed by atoms with Gasteiger partial charge in [-0.2, -0.15) is 0 Å². The van der Waals surface area contributed by atoms with Crippen LogP contribution in [0.3, 0.4) is 0 Å². The van der Waals surface area contributed by atoms with Gasteiger partial charge in [-0.3, -0.25) is 0 Å². The van der Waals surface area contributed by atoms with Crippen molar-refractivity contribution < 1.29 is 9.84 Å². The second kappa shape index (κ2) is 8.80. The summed E-state index contributed by atoms with van der Waals surface area (Å²) in [7, 11) is 0. The third-order valence-corrected chi connectivity index (χ3v) is 5.48. The van der Waals surface area contributed by atoms with Crippen LogP contribution in [-0.4, -0.2) is 60.4 Å². The summed E-state index contributed by atoms with van der Waals surface area (Å²) in [5.74, 6) is 1.83. The molecule has 1 aromatic heterocycles. The van der Waals surface area contributed by atoms with E-state index in [1.165, 1.54) is 10.8 Å². The molecule has 5 heteroatoms. The number of aliphatic hydroxyl groups is 1. The summed E-state index contributed by atoms with van der Waals surface area (Å²) >= 11 is 0. The third-order valence-electron chi connectivity index (χ3n) is 5.48. The highest BCUT2D eigenvalue weighted by atomic mass is 16.5. The van der Waals surface area contributed by atoms with Gasteiger partial charge in [0.2, 0.25) is 0 Å². The molecular weight excluding hydrogens is 362 g/mol. The summed E-state index contributed by atoms with van der Waals surface area (Å²) in [6.45, 7) is 9.49. The van der Waals surface area contributed by atoms with Gasteiger partial charge in [0.05, 0.1) is 11.8 Å². The fourth-order valence-corrected chi connectivity index (χ4v) is 3.78. The number of anilines is 1. The van der Waals surface area contributed by atoms with Gasteiger partial charge in [0.15, 0.2) is 0 Å².